The minimum Gasteiger partial charge on any atom is -0.319 e. The predicted molar refractivity (Wildman–Crippen MR) is 127 cm³/mol. The number of hydrogen-bond donors (Lipinski definition) is 2. The molecule has 0 saturated carbocycles. The van der Waals surface area contributed by atoms with E-state index in [2.05, 4.69) is 21.8 Å². The van der Waals surface area contributed by atoms with E-state index in [1.54, 1.807) is 18.5 Å². The van der Waals surface area contributed by atoms with Gasteiger partial charge >= 0.3 is 0 Å². The summed E-state index contributed by atoms with van der Waals surface area (Å²) in [5.41, 5.74) is 0.770. The Morgan fingerprint density at radius 3 is 2.52 bits per heavy atom. The molecule has 0 aliphatic carbocycles. The van der Waals surface area contributed by atoms with Crippen molar-refractivity contribution in [1.29, 1.82) is 10.5 Å². The fourth-order valence-electron chi connectivity index (χ4n) is 3.45. The predicted octanol–water partition coefficient (Wildman–Crippen LogP) is 3.87. The molecule has 0 radical (unpaired) electrons. The van der Waals surface area contributed by atoms with Crippen LogP contribution < -0.4 is 10.6 Å². The van der Waals surface area contributed by atoms with E-state index < -0.39 is 17.2 Å². The SMILES string of the molecule is CC(C)(C)c1cc(NC(=O)CSC2=C(C#N)C(C)(C)[C@@H](C#N)C(=O)N2)n(-c2ccccc2)n1. The maximum absolute atomic E-state index is 12.8. The Labute approximate surface area is 197 Å². The summed E-state index contributed by atoms with van der Waals surface area (Å²) in [5.74, 6) is -1.25. The van der Waals surface area contributed by atoms with Crippen LogP contribution in [0.3, 0.4) is 0 Å². The van der Waals surface area contributed by atoms with Crippen molar-refractivity contribution in [1.82, 2.24) is 15.1 Å². The van der Waals surface area contributed by atoms with Crippen molar-refractivity contribution in [3.05, 3.63) is 52.7 Å². The highest BCUT2D eigenvalue weighted by atomic mass is 32.2. The van der Waals surface area contributed by atoms with Gasteiger partial charge in [-0.25, -0.2) is 4.68 Å². The van der Waals surface area contributed by atoms with E-state index in [1.807, 2.05) is 63.2 Å². The molecule has 0 unspecified atom stereocenters. The first-order valence-electron chi connectivity index (χ1n) is 10.4. The number of benzene rings is 1. The molecule has 0 saturated heterocycles. The van der Waals surface area contributed by atoms with Gasteiger partial charge in [0, 0.05) is 16.9 Å². The number of carbonyl (C=O) groups is 2. The van der Waals surface area contributed by atoms with E-state index >= 15 is 0 Å². The lowest BCUT2D eigenvalue weighted by Crippen LogP contribution is -2.44. The lowest BCUT2D eigenvalue weighted by molar-refractivity contribution is -0.125. The van der Waals surface area contributed by atoms with Gasteiger partial charge in [-0.2, -0.15) is 15.6 Å². The average Bonchev–Trinajstić information content (AvgIpc) is 3.16. The summed E-state index contributed by atoms with van der Waals surface area (Å²) < 4.78 is 1.69. The van der Waals surface area contributed by atoms with Gasteiger partial charge in [-0.3, -0.25) is 9.59 Å². The molecule has 1 atom stereocenters. The molecule has 9 heteroatoms. The van der Waals surface area contributed by atoms with Crippen LogP contribution in [-0.2, 0) is 15.0 Å². The third-order valence-corrected chi connectivity index (χ3v) is 6.43. The van der Waals surface area contributed by atoms with E-state index in [-0.39, 0.29) is 22.6 Å². The summed E-state index contributed by atoms with van der Waals surface area (Å²) in [5, 5.41) is 29.5. The topological polar surface area (TPSA) is 124 Å². The average molecular weight is 463 g/mol. The van der Waals surface area contributed by atoms with Gasteiger partial charge in [0.25, 0.3) is 0 Å². The second-order valence-electron chi connectivity index (χ2n) is 9.34. The summed E-state index contributed by atoms with van der Waals surface area (Å²) in [4.78, 5) is 25.2. The normalized spacial score (nSPS) is 17.7. The molecular weight excluding hydrogens is 436 g/mol. The van der Waals surface area contributed by atoms with E-state index in [4.69, 9.17) is 0 Å². The molecule has 1 aromatic carbocycles. The Morgan fingerprint density at radius 1 is 1.27 bits per heavy atom. The van der Waals surface area contributed by atoms with Crippen molar-refractivity contribution >= 4 is 29.4 Å². The quantitative estimate of drug-likeness (QED) is 0.695. The number of nitriles is 2. The van der Waals surface area contributed by atoms with Crippen LogP contribution in [0, 0.1) is 34.0 Å². The number of nitrogens with one attached hydrogen (secondary N) is 2. The Kier molecular flexibility index (Phi) is 6.66. The molecule has 2 amide bonds. The third kappa shape index (κ3) is 4.94. The van der Waals surface area contributed by atoms with Crippen LogP contribution in [-0.4, -0.2) is 27.3 Å². The maximum atomic E-state index is 12.8. The Bertz CT molecular complexity index is 1190. The molecule has 0 fully saturated rings. The van der Waals surface area contributed by atoms with Crippen molar-refractivity contribution in [3.63, 3.8) is 0 Å². The van der Waals surface area contributed by atoms with Gasteiger partial charge in [0.15, 0.2) is 0 Å². The fourth-order valence-corrected chi connectivity index (χ4v) is 4.43. The molecule has 1 aromatic heterocycles. The Morgan fingerprint density at radius 2 is 1.94 bits per heavy atom. The number of nitrogens with zero attached hydrogens (tertiary/aromatic N) is 4. The highest BCUT2D eigenvalue weighted by Gasteiger charge is 2.44. The smallest absolute Gasteiger partial charge is 0.243 e. The van der Waals surface area contributed by atoms with E-state index in [1.165, 1.54) is 0 Å². The zero-order valence-corrected chi connectivity index (χ0v) is 20.1. The molecule has 8 nitrogen and oxygen atoms in total. The van der Waals surface area contributed by atoms with Gasteiger partial charge in [-0.15, -0.1) is 0 Å². The van der Waals surface area contributed by atoms with E-state index in [9.17, 15) is 20.1 Å². The minimum atomic E-state index is -0.971. The number of allylic oxidation sites excluding steroid dienone is 1. The maximum Gasteiger partial charge on any atom is 0.243 e. The Hall–Kier alpha value is -3.56. The molecular formula is C24H26N6O2S. The van der Waals surface area contributed by atoms with Crippen LogP contribution in [0.15, 0.2) is 47.0 Å². The van der Waals surface area contributed by atoms with E-state index in [0.717, 1.165) is 23.1 Å². The molecule has 1 aliphatic rings. The number of carbonyl (C=O) groups excluding carboxylic acids is 2. The van der Waals surface area contributed by atoms with Crippen LogP contribution in [0.25, 0.3) is 5.69 Å². The van der Waals surface area contributed by atoms with Gasteiger partial charge in [0.1, 0.15) is 11.7 Å². The summed E-state index contributed by atoms with van der Waals surface area (Å²) in [6.45, 7) is 9.51. The summed E-state index contributed by atoms with van der Waals surface area (Å²) in [7, 11) is 0. The second kappa shape index (κ2) is 9.13. The Balaban J connectivity index is 1.83. The first kappa shape index (κ1) is 24.1. The zero-order chi connectivity index (χ0) is 24.4. The van der Waals surface area contributed by atoms with Crippen molar-refractivity contribution in [3.8, 4) is 17.8 Å². The monoisotopic (exact) mass is 462 g/mol. The van der Waals surface area contributed by atoms with Crippen LogP contribution in [0.2, 0.25) is 0 Å². The van der Waals surface area contributed by atoms with Gasteiger partial charge in [0.2, 0.25) is 11.8 Å². The molecule has 1 aliphatic heterocycles. The largest absolute Gasteiger partial charge is 0.319 e. The van der Waals surface area contributed by atoms with E-state index in [0.29, 0.717) is 10.8 Å². The van der Waals surface area contributed by atoms with Gasteiger partial charge < -0.3 is 10.6 Å². The van der Waals surface area contributed by atoms with Gasteiger partial charge in [-0.05, 0) is 12.1 Å². The lowest BCUT2D eigenvalue weighted by Gasteiger charge is -2.34. The molecule has 0 spiro atoms. The van der Waals surface area contributed by atoms with Gasteiger partial charge in [0.05, 0.1) is 39.9 Å². The van der Waals surface area contributed by atoms with Crippen molar-refractivity contribution < 1.29 is 9.59 Å². The van der Waals surface area contributed by atoms with Crippen LogP contribution in [0.5, 0.6) is 0 Å². The summed E-state index contributed by atoms with van der Waals surface area (Å²) in [6.07, 6.45) is 0. The third-order valence-electron chi connectivity index (χ3n) is 5.43. The molecule has 33 heavy (non-hydrogen) atoms. The summed E-state index contributed by atoms with van der Waals surface area (Å²) in [6, 6.07) is 15.4. The molecule has 2 N–H and O–H groups in total. The molecule has 170 valence electrons. The number of anilines is 1. The van der Waals surface area contributed by atoms with Crippen molar-refractivity contribution in [2.75, 3.05) is 11.1 Å². The first-order valence-corrected chi connectivity index (χ1v) is 11.4. The molecule has 2 heterocycles. The number of aromatic nitrogens is 2. The molecule has 0 bridgehead atoms. The molecule has 3 rings (SSSR count). The summed E-state index contributed by atoms with van der Waals surface area (Å²) >= 11 is 1.06. The zero-order valence-electron chi connectivity index (χ0n) is 19.3. The number of amides is 2. The van der Waals surface area contributed by atoms with Crippen LogP contribution >= 0.6 is 11.8 Å². The highest BCUT2D eigenvalue weighted by molar-refractivity contribution is 8.03. The minimum absolute atomic E-state index is 0.0289. The number of rotatable bonds is 5. The number of hydrogen-bond acceptors (Lipinski definition) is 6. The first-order chi connectivity index (χ1) is 15.5. The van der Waals surface area contributed by atoms with Crippen molar-refractivity contribution in [2.24, 2.45) is 11.3 Å². The van der Waals surface area contributed by atoms with Crippen LogP contribution in [0.4, 0.5) is 5.82 Å². The van der Waals surface area contributed by atoms with Crippen LogP contribution in [0.1, 0.15) is 40.3 Å². The van der Waals surface area contributed by atoms with Gasteiger partial charge in [-0.1, -0.05) is 64.6 Å². The fraction of sp³-hybridized carbons (Fsp3) is 0.375. The number of thioether (sulfide) groups is 1. The standard InChI is InChI=1S/C24H26N6O2S/c1-23(2,3)18-11-19(30(29-18)15-9-7-6-8-10-15)27-20(31)14-33-22-17(13-26)24(4,5)16(12-25)21(32)28-22/h6-11,16H,14H2,1-5H3,(H,27,31)(H,28,32)/t16-/m0/s1. The number of para-hydroxylation sites is 1. The van der Waals surface area contributed by atoms with Crippen molar-refractivity contribution in [2.45, 2.75) is 40.0 Å². The second-order valence-corrected chi connectivity index (χ2v) is 10.3. The lowest BCUT2D eigenvalue weighted by atomic mass is 9.72. The highest BCUT2D eigenvalue weighted by Crippen LogP contribution is 2.41. The molecule has 2 aromatic rings.